The first-order valence-electron chi connectivity index (χ1n) is 8.80. The maximum atomic E-state index is 12.8. The fourth-order valence-corrected chi connectivity index (χ4v) is 7.51. The molecule has 6 heteroatoms. The summed E-state index contributed by atoms with van der Waals surface area (Å²) in [6, 6.07) is 3.65. The Bertz CT molecular complexity index is 802. The second-order valence-electron chi connectivity index (χ2n) is 8.27. The van der Waals surface area contributed by atoms with E-state index in [-0.39, 0.29) is 11.3 Å². The lowest BCUT2D eigenvalue weighted by Gasteiger charge is -2.60. The molecule has 6 rings (SSSR count). The largest absolute Gasteiger partial charge is 0.311 e. The summed E-state index contributed by atoms with van der Waals surface area (Å²) in [4.78, 5) is 17.0. The third-order valence-electron chi connectivity index (χ3n) is 6.20. The molecular weight excluding hydrogens is 368 g/mol. The van der Waals surface area contributed by atoms with Crippen molar-refractivity contribution in [1.29, 1.82) is 0 Å². The lowest BCUT2D eigenvalue weighted by Crippen LogP contribution is -2.53. The molecule has 0 aliphatic heterocycles. The third-order valence-corrected chi connectivity index (χ3v) is 7.13. The number of fused-ring (bicyclic) bond motifs is 1. The average Bonchev–Trinajstić information content (AvgIpc) is 2.93. The van der Waals surface area contributed by atoms with Gasteiger partial charge in [-0.3, -0.25) is 4.79 Å². The molecule has 0 spiro atoms. The normalized spacial score (nSPS) is 37.0. The second-order valence-corrected chi connectivity index (χ2v) is 9.95. The summed E-state index contributed by atoms with van der Waals surface area (Å²) in [7, 11) is 0. The molecule has 2 aromatic heterocycles. The van der Waals surface area contributed by atoms with Crippen molar-refractivity contribution < 1.29 is 4.79 Å². The van der Waals surface area contributed by atoms with E-state index >= 15 is 0 Å². The van der Waals surface area contributed by atoms with Crippen LogP contribution in [0.3, 0.4) is 0 Å². The van der Waals surface area contributed by atoms with Gasteiger partial charge in [0.2, 0.25) is 5.91 Å². The molecule has 0 saturated heterocycles. The van der Waals surface area contributed by atoms with Gasteiger partial charge in [0, 0.05) is 23.0 Å². The number of carbonyl (C=O) groups is 1. The highest BCUT2D eigenvalue weighted by Crippen LogP contribution is 2.65. The molecule has 4 aliphatic carbocycles. The molecule has 0 radical (unpaired) electrons. The van der Waals surface area contributed by atoms with Crippen LogP contribution >= 0.6 is 15.9 Å². The van der Waals surface area contributed by atoms with E-state index in [2.05, 4.69) is 31.3 Å². The van der Waals surface area contributed by atoms with Gasteiger partial charge >= 0.3 is 0 Å². The maximum absolute atomic E-state index is 12.8. The molecule has 0 aromatic carbocycles. The van der Waals surface area contributed by atoms with Gasteiger partial charge in [-0.05, 0) is 61.8 Å². The Morgan fingerprint density at radius 3 is 2.79 bits per heavy atom. The molecule has 2 heterocycles. The highest BCUT2D eigenvalue weighted by molar-refractivity contribution is 9.10. The Labute approximate surface area is 149 Å². The van der Waals surface area contributed by atoms with E-state index in [4.69, 9.17) is 0 Å². The van der Waals surface area contributed by atoms with Crippen LogP contribution in [-0.4, -0.2) is 24.8 Å². The topological polar surface area (TPSA) is 59.3 Å². The van der Waals surface area contributed by atoms with Crippen LogP contribution in [0.4, 0.5) is 5.82 Å². The van der Waals surface area contributed by atoms with Gasteiger partial charge in [0.05, 0.1) is 6.20 Å². The lowest BCUT2D eigenvalue weighted by molar-refractivity contribution is -0.123. The van der Waals surface area contributed by atoms with Crippen molar-refractivity contribution >= 4 is 33.3 Å². The SMILES string of the molecule is O=C(CC12CC3CC(CC(Br)(C3)C1)C2)Nc1ccnc2ccnn12. The molecular formula is C18H21BrN4O. The van der Waals surface area contributed by atoms with Crippen LogP contribution < -0.4 is 5.32 Å². The predicted molar refractivity (Wildman–Crippen MR) is 95.0 cm³/mol. The van der Waals surface area contributed by atoms with Crippen molar-refractivity contribution in [1.82, 2.24) is 14.6 Å². The molecule has 1 amide bonds. The number of anilines is 1. The standard InChI is InChI=1S/C18H21BrN4O/c19-18-8-12-5-13(9-18)7-17(6-12,11-18)10-16(24)22-15-1-3-20-14-2-4-21-23(14)15/h1-4,12-13H,5-11H2,(H,22,24). The van der Waals surface area contributed by atoms with Crippen molar-refractivity contribution in [2.75, 3.05) is 5.32 Å². The van der Waals surface area contributed by atoms with E-state index in [1.165, 1.54) is 32.1 Å². The number of rotatable bonds is 3. The summed E-state index contributed by atoms with van der Waals surface area (Å²) < 4.78 is 1.98. The minimum absolute atomic E-state index is 0.107. The first-order valence-corrected chi connectivity index (χ1v) is 9.60. The van der Waals surface area contributed by atoms with Crippen LogP contribution in [-0.2, 0) is 4.79 Å². The quantitative estimate of drug-likeness (QED) is 0.813. The van der Waals surface area contributed by atoms with Crippen LogP contribution in [0.25, 0.3) is 5.65 Å². The molecule has 4 saturated carbocycles. The summed E-state index contributed by atoms with van der Waals surface area (Å²) in [6.07, 6.45) is 11.6. The Kier molecular flexibility index (Phi) is 3.12. The number of nitrogens with one attached hydrogen (secondary N) is 1. The highest BCUT2D eigenvalue weighted by Gasteiger charge is 2.57. The molecule has 5 nitrogen and oxygen atoms in total. The van der Waals surface area contributed by atoms with Crippen molar-refractivity contribution in [3.05, 3.63) is 24.5 Å². The molecule has 1 N–H and O–H groups in total. The van der Waals surface area contributed by atoms with Crippen molar-refractivity contribution in [2.24, 2.45) is 17.3 Å². The van der Waals surface area contributed by atoms with Crippen molar-refractivity contribution in [3.8, 4) is 0 Å². The smallest absolute Gasteiger partial charge is 0.226 e. The molecule has 2 unspecified atom stereocenters. The molecule has 126 valence electrons. The monoisotopic (exact) mass is 388 g/mol. The Morgan fingerprint density at radius 2 is 2.04 bits per heavy atom. The summed E-state index contributed by atoms with van der Waals surface area (Å²) >= 11 is 4.02. The number of aromatic nitrogens is 3. The van der Waals surface area contributed by atoms with Gasteiger partial charge in [-0.1, -0.05) is 15.9 Å². The van der Waals surface area contributed by atoms with Crippen LogP contribution in [0.15, 0.2) is 24.5 Å². The number of alkyl halides is 1. The summed E-state index contributed by atoms with van der Waals surface area (Å²) in [5, 5.41) is 7.31. The zero-order valence-electron chi connectivity index (χ0n) is 13.5. The number of carbonyl (C=O) groups excluding carboxylic acids is 1. The summed E-state index contributed by atoms with van der Waals surface area (Å²) in [6.45, 7) is 0. The Morgan fingerprint density at radius 1 is 1.25 bits per heavy atom. The van der Waals surface area contributed by atoms with E-state index in [0.29, 0.717) is 16.6 Å². The van der Waals surface area contributed by atoms with E-state index in [9.17, 15) is 4.79 Å². The number of amides is 1. The number of hydrogen-bond acceptors (Lipinski definition) is 3. The van der Waals surface area contributed by atoms with Crippen molar-refractivity contribution in [2.45, 2.75) is 49.3 Å². The first kappa shape index (κ1) is 14.9. The van der Waals surface area contributed by atoms with E-state index in [0.717, 1.165) is 23.9 Å². The number of halogens is 1. The van der Waals surface area contributed by atoms with Gasteiger partial charge in [-0.15, -0.1) is 0 Å². The van der Waals surface area contributed by atoms with E-state index < -0.39 is 0 Å². The summed E-state index contributed by atoms with van der Waals surface area (Å²) in [5.41, 5.74) is 0.940. The van der Waals surface area contributed by atoms with Crippen molar-refractivity contribution in [3.63, 3.8) is 0 Å². The van der Waals surface area contributed by atoms with Gasteiger partial charge in [-0.25, -0.2) is 4.98 Å². The zero-order chi connectivity index (χ0) is 16.4. The Hall–Kier alpha value is -1.43. The minimum atomic E-state index is 0.107. The number of hydrogen-bond donors (Lipinski definition) is 1. The molecule has 4 aliphatic rings. The van der Waals surface area contributed by atoms with Gasteiger partial charge in [0.25, 0.3) is 0 Å². The van der Waals surface area contributed by atoms with Gasteiger partial charge < -0.3 is 5.32 Å². The average molecular weight is 389 g/mol. The predicted octanol–water partition coefficient (Wildman–Crippen LogP) is 3.79. The molecule has 2 atom stereocenters. The zero-order valence-corrected chi connectivity index (χ0v) is 15.1. The van der Waals surface area contributed by atoms with Crippen LogP contribution in [0.5, 0.6) is 0 Å². The van der Waals surface area contributed by atoms with Gasteiger partial charge in [0.15, 0.2) is 5.65 Å². The second kappa shape index (κ2) is 5.04. The van der Waals surface area contributed by atoms with E-state index in [1.54, 1.807) is 16.9 Å². The minimum Gasteiger partial charge on any atom is -0.311 e. The van der Waals surface area contributed by atoms with Crippen LogP contribution in [0.1, 0.15) is 44.9 Å². The Balaban J connectivity index is 1.36. The highest BCUT2D eigenvalue weighted by atomic mass is 79.9. The fraction of sp³-hybridized carbons (Fsp3) is 0.611. The molecule has 2 aromatic rings. The van der Waals surface area contributed by atoms with E-state index in [1.807, 2.05) is 12.1 Å². The molecule has 24 heavy (non-hydrogen) atoms. The molecule has 4 bridgehead atoms. The van der Waals surface area contributed by atoms with Crippen LogP contribution in [0, 0.1) is 17.3 Å². The van der Waals surface area contributed by atoms with Gasteiger partial charge in [-0.2, -0.15) is 9.61 Å². The lowest BCUT2D eigenvalue weighted by atomic mass is 9.48. The first-order chi connectivity index (χ1) is 11.5. The van der Waals surface area contributed by atoms with Crippen LogP contribution in [0.2, 0.25) is 0 Å². The fourth-order valence-electron chi connectivity index (χ4n) is 6.00. The maximum Gasteiger partial charge on any atom is 0.226 e. The summed E-state index contributed by atoms with van der Waals surface area (Å²) in [5.74, 6) is 2.42. The van der Waals surface area contributed by atoms with Gasteiger partial charge in [0.1, 0.15) is 5.82 Å². The molecule has 4 fully saturated rings. The third kappa shape index (κ3) is 2.38. The number of nitrogens with zero attached hydrogens (tertiary/aromatic N) is 3.